The number of anilines is 2. The highest BCUT2D eigenvalue weighted by molar-refractivity contribution is 5.51. The van der Waals surface area contributed by atoms with E-state index < -0.39 is 0 Å². The smallest absolute Gasteiger partial charge is 0.134 e. The van der Waals surface area contributed by atoms with Gasteiger partial charge in [-0.05, 0) is 44.4 Å². The SMILES string of the molecule is CCC1CCCCN1c1cc(N2CCCC(C)C2)ncn1. The lowest BCUT2D eigenvalue weighted by molar-refractivity contribution is 0.441. The van der Waals surface area contributed by atoms with E-state index in [9.17, 15) is 0 Å². The molecule has 1 aromatic heterocycles. The lowest BCUT2D eigenvalue weighted by Crippen LogP contribution is -2.40. The molecular formula is C17H28N4. The molecule has 2 saturated heterocycles. The van der Waals surface area contributed by atoms with Gasteiger partial charge in [-0.3, -0.25) is 0 Å². The summed E-state index contributed by atoms with van der Waals surface area (Å²) in [6.45, 7) is 8.04. The maximum atomic E-state index is 4.56. The molecule has 2 unspecified atom stereocenters. The quantitative estimate of drug-likeness (QED) is 0.852. The van der Waals surface area contributed by atoms with Gasteiger partial charge in [0.1, 0.15) is 18.0 Å². The molecule has 4 heteroatoms. The lowest BCUT2D eigenvalue weighted by Gasteiger charge is -2.37. The van der Waals surface area contributed by atoms with Crippen LogP contribution in [0.15, 0.2) is 12.4 Å². The van der Waals surface area contributed by atoms with Crippen LogP contribution in [0.2, 0.25) is 0 Å². The van der Waals surface area contributed by atoms with Crippen molar-refractivity contribution in [3.63, 3.8) is 0 Å². The molecule has 0 radical (unpaired) electrons. The van der Waals surface area contributed by atoms with Crippen LogP contribution in [0.1, 0.15) is 52.4 Å². The van der Waals surface area contributed by atoms with Gasteiger partial charge in [0.2, 0.25) is 0 Å². The van der Waals surface area contributed by atoms with E-state index in [0.29, 0.717) is 6.04 Å². The summed E-state index contributed by atoms with van der Waals surface area (Å²) in [6, 6.07) is 2.87. The van der Waals surface area contributed by atoms with E-state index in [4.69, 9.17) is 0 Å². The van der Waals surface area contributed by atoms with E-state index in [1.54, 1.807) is 6.33 Å². The number of hydrogen-bond acceptors (Lipinski definition) is 4. The molecule has 0 amide bonds. The molecule has 2 atom stereocenters. The normalized spacial score (nSPS) is 27.0. The van der Waals surface area contributed by atoms with Crippen LogP contribution in [0, 0.1) is 5.92 Å². The summed E-state index contributed by atoms with van der Waals surface area (Å²) in [5.41, 5.74) is 0. The number of piperidine rings is 2. The summed E-state index contributed by atoms with van der Waals surface area (Å²) in [4.78, 5) is 14.0. The highest BCUT2D eigenvalue weighted by Crippen LogP contribution is 2.28. The summed E-state index contributed by atoms with van der Waals surface area (Å²) in [6.07, 6.45) is 9.54. The molecule has 2 aliphatic rings. The second kappa shape index (κ2) is 6.63. The molecule has 3 heterocycles. The summed E-state index contributed by atoms with van der Waals surface area (Å²) in [7, 11) is 0. The fourth-order valence-electron chi connectivity index (χ4n) is 3.79. The second-order valence-electron chi connectivity index (χ2n) is 6.68. The fourth-order valence-corrected chi connectivity index (χ4v) is 3.79. The van der Waals surface area contributed by atoms with Crippen molar-refractivity contribution in [2.45, 2.75) is 58.4 Å². The Morgan fingerprint density at radius 1 is 1.10 bits per heavy atom. The summed E-state index contributed by atoms with van der Waals surface area (Å²) >= 11 is 0. The molecule has 0 spiro atoms. The number of rotatable bonds is 3. The van der Waals surface area contributed by atoms with Crippen molar-refractivity contribution in [2.75, 3.05) is 29.4 Å². The van der Waals surface area contributed by atoms with Crippen LogP contribution in [0.25, 0.3) is 0 Å². The van der Waals surface area contributed by atoms with Gasteiger partial charge in [-0.1, -0.05) is 13.8 Å². The molecule has 0 saturated carbocycles. The van der Waals surface area contributed by atoms with Gasteiger partial charge in [0, 0.05) is 31.7 Å². The Labute approximate surface area is 128 Å². The third kappa shape index (κ3) is 3.30. The highest BCUT2D eigenvalue weighted by Gasteiger charge is 2.24. The van der Waals surface area contributed by atoms with Crippen molar-refractivity contribution in [3.8, 4) is 0 Å². The van der Waals surface area contributed by atoms with Crippen molar-refractivity contribution < 1.29 is 0 Å². The third-order valence-electron chi connectivity index (χ3n) is 5.01. The van der Waals surface area contributed by atoms with E-state index in [2.05, 4.69) is 39.7 Å². The second-order valence-corrected chi connectivity index (χ2v) is 6.68. The first kappa shape index (κ1) is 14.6. The molecule has 21 heavy (non-hydrogen) atoms. The Morgan fingerprint density at radius 2 is 1.95 bits per heavy atom. The molecule has 0 bridgehead atoms. The van der Waals surface area contributed by atoms with E-state index in [1.165, 1.54) is 38.5 Å². The lowest BCUT2D eigenvalue weighted by atomic mass is 9.99. The minimum Gasteiger partial charge on any atom is -0.356 e. The Bertz CT molecular complexity index is 462. The van der Waals surface area contributed by atoms with Gasteiger partial charge in [-0.2, -0.15) is 0 Å². The first-order chi connectivity index (χ1) is 10.3. The van der Waals surface area contributed by atoms with Crippen molar-refractivity contribution in [1.82, 2.24) is 9.97 Å². The molecule has 3 rings (SSSR count). The van der Waals surface area contributed by atoms with Crippen molar-refractivity contribution in [3.05, 3.63) is 12.4 Å². The van der Waals surface area contributed by atoms with Crippen LogP contribution in [0.5, 0.6) is 0 Å². The average molecular weight is 288 g/mol. The van der Waals surface area contributed by atoms with Gasteiger partial charge >= 0.3 is 0 Å². The summed E-state index contributed by atoms with van der Waals surface area (Å²) in [5, 5.41) is 0. The van der Waals surface area contributed by atoms with E-state index in [1.807, 2.05) is 0 Å². The van der Waals surface area contributed by atoms with Gasteiger partial charge in [0.05, 0.1) is 0 Å². The maximum absolute atomic E-state index is 4.56. The largest absolute Gasteiger partial charge is 0.356 e. The highest BCUT2D eigenvalue weighted by atomic mass is 15.2. The average Bonchev–Trinajstić information content (AvgIpc) is 2.55. The molecule has 1 aromatic rings. The van der Waals surface area contributed by atoms with E-state index >= 15 is 0 Å². The minimum atomic E-state index is 0.654. The molecule has 0 aliphatic carbocycles. The van der Waals surface area contributed by atoms with Crippen LogP contribution >= 0.6 is 0 Å². The molecular weight excluding hydrogens is 260 g/mol. The zero-order valence-corrected chi connectivity index (χ0v) is 13.5. The molecule has 0 aromatic carbocycles. The van der Waals surface area contributed by atoms with Gasteiger partial charge in [0.15, 0.2) is 0 Å². The Hall–Kier alpha value is -1.32. The van der Waals surface area contributed by atoms with Crippen molar-refractivity contribution in [2.24, 2.45) is 5.92 Å². The fraction of sp³-hybridized carbons (Fsp3) is 0.765. The molecule has 116 valence electrons. The van der Waals surface area contributed by atoms with E-state index in [-0.39, 0.29) is 0 Å². The Balaban J connectivity index is 1.78. The van der Waals surface area contributed by atoms with Crippen molar-refractivity contribution in [1.29, 1.82) is 0 Å². The molecule has 0 N–H and O–H groups in total. The monoisotopic (exact) mass is 288 g/mol. The van der Waals surface area contributed by atoms with Crippen molar-refractivity contribution >= 4 is 11.6 Å². The predicted octanol–water partition coefficient (Wildman–Crippen LogP) is 3.48. The predicted molar refractivity (Wildman–Crippen MR) is 87.9 cm³/mol. The van der Waals surface area contributed by atoms with Gasteiger partial charge in [-0.15, -0.1) is 0 Å². The first-order valence-corrected chi connectivity index (χ1v) is 8.61. The Kier molecular flexibility index (Phi) is 4.61. The van der Waals surface area contributed by atoms with Gasteiger partial charge in [0.25, 0.3) is 0 Å². The zero-order valence-electron chi connectivity index (χ0n) is 13.5. The number of aromatic nitrogens is 2. The van der Waals surface area contributed by atoms with Crippen LogP contribution in [-0.4, -0.2) is 35.6 Å². The van der Waals surface area contributed by atoms with Crippen LogP contribution in [-0.2, 0) is 0 Å². The van der Waals surface area contributed by atoms with Gasteiger partial charge < -0.3 is 9.80 Å². The summed E-state index contributed by atoms with van der Waals surface area (Å²) < 4.78 is 0. The maximum Gasteiger partial charge on any atom is 0.134 e. The molecule has 4 nitrogen and oxygen atoms in total. The van der Waals surface area contributed by atoms with Crippen LogP contribution < -0.4 is 9.80 Å². The van der Waals surface area contributed by atoms with Gasteiger partial charge in [-0.25, -0.2) is 9.97 Å². The minimum absolute atomic E-state index is 0.654. The van der Waals surface area contributed by atoms with Crippen LogP contribution in [0.4, 0.5) is 11.6 Å². The molecule has 2 fully saturated rings. The van der Waals surface area contributed by atoms with Crippen LogP contribution in [0.3, 0.4) is 0 Å². The third-order valence-corrected chi connectivity index (χ3v) is 5.01. The van der Waals surface area contributed by atoms with E-state index in [0.717, 1.165) is 37.2 Å². The standard InChI is InChI=1S/C17H28N4/c1-3-15-8-4-5-10-21(15)17-11-16(18-13-19-17)20-9-6-7-14(2)12-20/h11,13-15H,3-10,12H2,1-2H3. The topological polar surface area (TPSA) is 32.3 Å². The Morgan fingerprint density at radius 3 is 2.76 bits per heavy atom. The number of hydrogen-bond donors (Lipinski definition) is 0. The number of nitrogens with zero attached hydrogens (tertiary/aromatic N) is 4. The zero-order chi connectivity index (χ0) is 14.7. The summed E-state index contributed by atoms with van der Waals surface area (Å²) in [5.74, 6) is 3.02. The molecule has 2 aliphatic heterocycles. The first-order valence-electron chi connectivity index (χ1n) is 8.61.